The lowest BCUT2D eigenvalue weighted by Crippen LogP contribution is -2.14. The van der Waals surface area contributed by atoms with Crippen LogP contribution in [0.15, 0.2) is 12.1 Å². The molecule has 0 spiro atoms. The molecular weight excluding hydrogens is 252 g/mol. The first-order chi connectivity index (χ1) is 8.01. The molecule has 0 saturated heterocycles. The van der Waals surface area contributed by atoms with E-state index in [1.54, 1.807) is 12.1 Å². The summed E-state index contributed by atoms with van der Waals surface area (Å²) in [6, 6.07) is 2.32. The molecule has 3 nitrogen and oxygen atoms in total. The van der Waals surface area contributed by atoms with Crippen LogP contribution >= 0.6 is 11.6 Å². The number of halogens is 3. The molecule has 0 aliphatic carbocycles. The molecule has 0 radical (unpaired) electrons. The van der Waals surface area contributed by atoms with E-state index < -0.39 is 18.9 Å². The molecule has 0 unspecified atom stereocenters. The predicted octanol–water partition coefficient (Wildman–Crippen LogP) is 3.01. The summed E-state index contributed by atoms with van der Waals surface area (Å²) < 4.78 is 34.6. The van der Waals surface area contributed by atoms with Crippen LogP contribution in [0.5, 0.6) is 11.5 Å². The van der Waals surface area contributed by atoms with Crippen LogP contribution in [0.3, 0.4) is 0 Å². The topological polar surface area (TPSA) is 44.5 Å². The van der Waals surface area contributed by atoms with Crippen LogP contribution in [0.1, 0.15) is 18.0 Å². The molecule has 1 atom stereocenters. The first-order valence-corrected chi connectivity index (χ1v) is 5.33. The number of rotatable bonds is 5. The van der Waals surface area contributed by atoms with Gasteiger partial charge in [-0.3, -0.25) is 0 Å². The average Bonchev–Trinajstić information content (AvgIpc) is 2.27. The Morgan fingerprint density at radius 1 is 1.29 bits per heavy atom. The summed E-state index contributed by atoms with van der Waals surface area (Å²) in [5, 5.41) is 0.208. The van der Waals surface area contributed by atoms with E-state index in [0.717, 1.165) is 0 Å². The fourth-order valence-electron chi connectivity index (χ4n) is 1.51. The molecule has 6 heteroatoms. The SMILES string of the molecule is COc1ccc([C@@H](N)CC(F)F)c(Cl)c1OC. The normalized spacial score (nSPS) is 12.6. The summed E-state index contributed by atoms with van der Waals surface area (Å²) in [5.74, 6) is 0.738. The third kappa shape index (κ3) is 3.20. The van der Waals surface area contributed by atoms with Crippen molar-refractivity contribution >= 4 is 11.6 Å². The molecule has 0 bridgehead atoms. The average molecular weight is 266 g/mol. The van der Waals surface area contributed by atoms with Crippen LogP contribution < -0.4 is 15.2 Å². The Morgan fingerprint density at radius 2 is 1.94 bits per heavy atom. The Balaban J connectivity index is 3.09. The Hall–Kier alpha value is -1.07. The summed E-state index contributed by atoms with van der Waals surface area (Å²) in [5.41, 5.74) is 6.07. The molecule has 17 heavy (non-hydrogen) atoms. The molecule has 1 rings (SSSR count). The zero-order chi connectivity index (χ0) is 13.0. The van der Waals surface area contributed by atoms with Crippen molar-refractivity contribution in [1.29, 1.82) is 0 Å². The molecule has 1 aromatic carbocycles. The third-order valence-corrected chi connectivity index (χ3v) is 2.74. The summed E-state index contributed by atoms with van der Waals surface area (Å²) in [4.78, 5) is 0. The maximum Gasteiger partial charge on any atom is 0.240 e. The lowest BCUT2D eigenvalue weighted by Gasteiger charge is -2.17. The van der Waals surface area contributed by atoms with Crippen molar-refractivity contribution in [1.82, 2.24) is 0 Å². The van der Waals surface area contributed by atoms with Crippen LogP contribution in [0, 0.1) is 0 Å². The molecule has 2 N–H and O–H groups in total. The van der Waals surface area contributed by atoms with E-state index in [1.165, 1.54) is 14.2 Å². The van der Waals surface area contributed by atoms with Crippen molar-refractivity contribution in [3.05, 3.63) is 22.7 Å². The predicted molar refractivity (Wildman–Crippen MR) is 62.1 cm³/mol. The summed E-state index contributed by atoms with van der Waals surface area (Å²) in [6.45, 7) is 0. The van der Waals surface area contributed by atoms with Gasteiger partial charge in [0.05, 0.1) is 19.2 Å². The zero-order valence-electron chi connectivity index (χ0n) is 9.54. The van der Waals surface area contributed by atoms with Gasteiger partial charge < -0.3 is 15.2 Å². The number of benzene rings is 1. The van der Waals surface area contributed by atoms with Crippen molar-refractivity contribution < 1.29 is 18.3 Å². The van der Waals surface area contributed by atoms with Crippen molar-refractivity contribution in [3.63, 3.8) is 0 Å². The van der Waals surface area contributed by atoms with Gasteiger partial charge in [-0.25, -0.2) is 8.78 Å². The standard InChI is InChI=1S/C11H14ClF2NO2/c1-16-8-4-3-6(7(15)5-9(13)14)10(12)11(8)17-2/h3-4,7,9H,5,15H2,1-2H3/t7-/m0/s1. The Bertz CT molecular complexity index is 388. The van der Waals surface area contributed by atoms with Gasteiger partial charge in [0, 0.05) is 12.5 Å². The summed E-state index contributed by atoms with van der Waals surface area (Å²) >= 11 is 6.04. The molecule has 0 aliphatic heterocycles. The highest BCUT2D eigenvalue weighted by Crippen LogP contribution is 2.39. The van der Waals surface area contributed by atoms with Gasteiger partial charge in [-0.15, -0.1) is 0 Å². The number of methoxy groups -OCH3 is 2. The minimum atomic E-state index is -2.48. The molecule has 0 heterocycles. The van der Waals surface area contributed by atoms with Gasteiger partial charge in [0.25, 0.3) is 0 Å². The molecule has 0 fully saturated rings. The summed E-state index contributed by atoms with van der Waals surface area (Å²) in [7, 11) is 2.89. The number of alkyl halides is 2. The Morgan fingerprint density at radius 3 is 2.41 bits per heavy atom. The Labute approximate surface area is 103 Å². The van der Waals surface area contributed by atoms with E-state index in [4.69, 9.17) is 26.8 Å². The van der Waals surface area contributed by atoms with E-state index in [0.29, 0.717) is 17.1 Å². The smallest absolute Gasteiger partial charge is 0.240 e. The van der Waals surface area contributed by atoms with Crippen molar-refractivity contribution in [3.8, 4) is 11.5 Å². The second-order valence-corrected chi connectivity index (χ2v) is 3.82. The molecule has 1 aromatic rings. The maximum atomic E-state index is 12.3. The van der Waals surface area contributed by atoms with Gasteiger partial charge >= 0.3 is 0 Å². The second kappa shape index (κ2) is 6.02. The first-order valence-electron chi connectivity index (χ1n) is 4.95. The molecular formula is C11H14ClF2NO2. The van der Waals surface area contributed by atoms with Gasteiger partial charge in [-0.05, 0) is 11.6 Å². The van der Waals surface area contributed by atoms with Crippen LogP contribution in [0.4, 0.5) is 8.78 Å². The number of ether oxygens (including phenoxy) is 2. The minimum absolute atomic E-state index is 0.208. The Kier molecular flexibility index (Phi) is 4.96. The van der Waals surface area contributed by atoms with E-state index in [1.807, 2.05) is 0 Å². The minimum Gasteiger partial charge on any atom is -0.493 e. The lowest BCUT2D eigenvalue weighted by atomic mass is 10.0. The van der Waals surface area contributed by atoms with Crippen molar-refractivity contribution in [2.75, 3.05) is 14.2 Å². The van der Waals surface area contributed by atoms with Crippen LogP contribution in [0.2, 0.25) is 5.02 Å². The molecule has 0 aromatic heterocycles. The van der Waals surface area contributed by atoms with Gasteiger partial charge in [0.1, 0.15) is 0 Å². The van der Waals surface area contributed by atoms with Gasteiger partial charge in [0.15, 0.2) is 11.5 Å². The van der Waals surface area contributed by atoms with E-state index in [-0.39, 0.29) is 5.02 Å². The lowest BCUT2D eigenvalue weighted by molar-refractivity contribution is 0.128. The monoisotopic (exact) mass is 265 g/mol. The number of hydrogen-bond acceptors (Lipinski definition) is 3. The van der Waals surface area contributed by atoms with Crippen molar-refractivity contribution in [2.45, 2.75) is 18.9 Å². The summed E-state index contributed by atoms with van der Waals surface area (Å²) in [6.07, 6.45) is -2.93. The molecule has 0 saturated carbocycles. The van der Waals surface area contributed by atoms with Gasteiger partial charge in [-0.1, -0.05) is 17.7 Å². The zero-order valence-corrected chi connectivity index (χ0v) is 10.3. The molecule has 0 aliphatic rings. The van der Waals surface area contributed by atoms with Crippen LogP contribution in [0.25, 0.3) is 0 Å². The fraction of sp³-hybridized carbons (Fsp3) is 0.455. The van der Waals surface area contributed by atoms with E-state index in [9.17, 15) is 8.78 Å². The fourth-order valence-corrected chi connectivity index (χ4v) is 1.88. The van der Waals surface area contributed by atoms with E-state index >= 15 is 0 Å². The largest absolute Gasteiger partial charge is 0.493 e. The van der Waals surface area contributed by atoms with Crippen molar-refractivity contribution in [2.24, 2.45) is 5.73 Å². The van der Waals surface area contributed by atoms with Gasteiger partial charge in [0.2, 0.25) is 6.43 Å². The van der Waals surface area contributed by atoms with E-state index in [2.05, 4.69) is 0 Å². The molecule has 96 valence electrons. The highest BCUT2D eigenvalue weighted by Gasteiger charge is 2.20. The maximum absolute atomic E-state index is 12.3. The van der Waals surface area contributed by atoms with Gasteiger partial charge in [-0.2, -0.15) is 0 Å². The highest BCUT2D eigenvalue weighted by molar-refractivity contribution is 6.33. The third-order valence-electron chi connectivity index (χ3n) is 2.35. The van der Waals surface area contributed by atoms with Crippen LogP contribution in [-0.4, -0.2) is 20.6 Å². The first kappa shape index (κ1) is 14.0. The number of hydrogen-bond donors (Lipinski definition) is 1. The number of nitrogens with two attached hydrogens (primary N) is 1. The molecule has 0 amide bonds. The second-order valence-electron chi connectivity index (χ2n) is 3.44. The quantitative estimate of drug-likeness (QED) is 0.890. The van der Waals surface area contributed by atoms with Crippen LogP contribution in [-0.2, 0) is 0 Å². The highest BCUT2D eigenvalue weighted by atomic mass is 35.5.